The quantitative estimate of drug-likeness (QED) is 0.688. The van der Waals surface area contributed by atoms with Crippen LogP contribution in [0, 0.1) is 11.3 Å². The van der Waals surface area contributed by atoms with Crippen molar-refractivity contribution in [1.29, 1.82) is 0 Å². The van der Waals surface area contributed by atoms with E-state index < -0.39 is 31.4 Å². The number of aliphatic hydroxyl groups is 1. The number of fused-ring (bicyclic) bond motifs is 3. The number of benzene rings is 1. The lowest BCUT2D eigenvalue weighted by molar-refractivity contribution is -0.341. The fraction of sp³-hybridized carbons (Fsp3) is 0.640. The highest BCUT2D eigenvalue weighted by atomic mass is 28.4. The average Bonchev–Trinajstić information content (AvgIpc) is 2.68. The zero-order valence-corrected chi connectivity index (χ0v) is 20.6. The fourth-order valence-corrected chi connectivity index (χ4v) is 6.58. The highest BCUT2D eigenvalue weighted by Gasteiger charge is 2.69. The summed E-state index contributed by atoms with van der Waals surface area (Å²) in [4.78, 5) is 12.6. The van der Waals surface area contributed by atoms with Gasteiger partial charge in [-0.1, -0.05) is 64.1 Å². The summed E-state index contributed by atoms with van der Waals surface area (Å²) in [6.07, 6.45) is 2.73. The van der Waals surface area contributed by atoms with Gasteiger partial charge in [0.05, 0.1) is 25.4 Å². The number of ketones is 1. The topological polar surface area (TPSA) is 65.0 Å². The molecule has 2 fully saturated rings. The van der Waals surface area contributed by atoms with Gasteiger partial charge in [-0.3, -0.25) is 4.79 Å². The Morgan fingerprint density at radius 3 is 2.48 bits per heavy atom. The minimum atomic E-state index is -2.07. The third kappa shape index (κ3) is 3.66. The maximum absolute atomic E-state index is 12.6. The first-order valence-corrected chi connectivity index (χ1v) is 14.2. The smallest absolute Gasteiger partial charge is 0.192 e. The molecule has 31 heavy (non-hydrogen) atoms. The Kier molecular flexibility index (Phi) is 5.63. The number of hydrogen-bond donors (Lipinski definition) is 1. The molecule has 0 amide bonds. The van der Waals surface area contributed by atoms with Crippen LogP contribution in [0.15, 0.2) is 42.5 Å². The molecule has 0 spiro atoms. The molecule has 0 aromatic heterocycles. The number of aliphatic hydroxyl groups excluding tert-OH is 1. The molecule has 1 aliphatic heterocycles. The van der Waals surface area contributed by atoms with Crippen molar-refractivity contribution in [3.63, 3.8) is 0 Å². The molecule has 5 nitrogen and oxygen atoms in total. The molecule has 3 aliphatic rings. The molecular weight excluding hydrogens is 408 g/mol. The Labute approximate surface area is 186 Å². The molecule has 1 aromatic carbocycles. The summed E-state index contributed by atoms with van der Waals surface area (Å²) in [5, 5.41) is 11.2. The second kappa shape index (κ2) is 7.63. The van der Waals surface area contributed by atoms with Gasteiger partial charge in [0, 0.05) is 17.8 Å². The van der Waals surface area contributed by atoms with Crippen LogP contribution in [-0.2, 0) is 25.3 Å². The van der Waals surface area contributed by atoms with Gasteiger partial charge >= 0.3 is 0 Å². The molecule has 1 aromatic rings. The molecular formula is C25H36O5Si. The molecule has 1 N–H and O–H groups in total. The third-order valence-corrected chi connectivity index (χ3v) is 12.7. The molecule has 1 saturated carbocycles. The van der Waals surface area contributed by atoms with Crippen molar-refractivity contribution in [3.05, 3.63) is 48.0 Å². The zero-order chi connectivity index (χ0) is 22.7. The van der Waals surface area contributed by atoms with Crippen LogP contribution in [0.3, 0.4) is 0 Å². The van der Waals surface area contributed by atoms with Crippen molar-refractivity contribution in [2.75, 3.05) is 6.61 Å². The van der Waals surface area contributed by atoms with Crippen LogP contribution < -0.4 is 0 Å². The summed E-state index contributed by atoms with van der Waals surface area (Å²) in [5.74, 6) is -0.674. The highest BCUT2D eigenvalue weighted by molar-refractivity contribution is 6.74. The van der Waals surface area contributed by atoms with Crippen LogP contribution in [0.25, 0.3) is 0 Å². The largest absolute Gasteiger partial charge is 0.413 e. The molecule has 1 saturated heterocycles. The van der Waals surface area contributed by atoms with E-state index in [1.807, 2.05) is 36.4 Å². The van der Waals surface area contributed by atoms with E-state index in [1.165, 1.54) is 6.08 Å². The Bertz CT molecular complexity index is 860. The predicted octanol–water partition coefficient (Wildman–Crippen LogP) is 4.26. The first kappa shape index (κ1) is 22.9. The van der Waals surface area contributed by atoms with Gasteiger partial charge in [0.1, 0.15) is 11.7 Å². The van der Waals surface area contributed by atoms with Crippen molar-refractivity contribution in [1.82, 2.24) is 0 Å². The van der Waals surface area contributed by atoms with Gasteiger partial charge in [-0.05, 0) is 29.8 Å². The second-order valence-electron chi connectivity index (χ2n) is 11.2. The van der Waals surface area contributed by atoms with E-state index in [0.717, 1.165) is 5.56 Å². The van der Waals surface area contributed by atoms with Gasteiger partial charge in [-0.2, -0.15) is 0 Å². The van der Waals surface area contributed by atoms with Crippen molar-refractivity contribution in [2.24, 2.45) is 11.3 Å². The summed E-state index contributed by atoms with van der Waals surface area (Å²) in [7, 11) is -2.07. The Balaban J connectivity index is 1.68. The third-order valence-electron chi connectivity index (χ3n) is 8.18. The van der Waals surface area contributed by atoms with Gasteiger partial charge in [0.2, 0.25) is 0 Å². The average molecular weight is 445 g/mol. The Morgan fingerprint density at radius 2 is 1.90 bits per heavy atom. The van der Waals surface area contributed by atoms with Gasteiger partial charge in [0.25, 0.3) is 0 Å². The normalized spacial score (nSPS) is 37.7. The standard InChI is InChI=1S/C25H36O5Si/c1-23(2,3)31(5,6)30-19-14-20-25(16-28-20,29-15-17-10-8-7-9-11-17)22-21(27)18(26)12-13-24(19,22)4/h7-13,19-22,27H,14-16H2,1-6H3/t19-,20?,21+,22-,24+,25-/m0/s1. The molecule has 4 rings (SSSR count). The number of hydrogen-bond acceptors (Lipinski definition) is 5. The monoisotopic (exact) mass is 444 g/mol. The summed E-state index contributed by atoms with van der Waals surface area (Å²) < 4.78 is 19.4. The van der Waals surface area contributed by atoms with Crippen molar-refractivity contribution in [2.45, 2.75) is 82.8 Å². The summed E-state index contributed by atoms with van der Waals surface area (Å²) in [6.45, 7) is 14.1. The molecule has 1 unspecified atom stereocenters. The minimum absolute atomic E-state index is 0.0600. The van der Waals surface area contributed by atoms with Crippen molar-refractivity contribution >= 4 is 14.1 Å². The maximum atomic E-state index is 12.6. The first-order valence-electron chi connectivity index (χ1n) is 11.3. The molecule has 6 atom stereocenters. The van der Waals surface area contributed by atoms with E-state index in [0.29, 0.717) is 19.6 Å². The Morgan fingerprint density at radius 1 is 1.23 bits per heavy atom. The number of carbonyl (C=O) groups excluding carboxylic acids is 1. The predicted molar refractivity (Wildman–Crippen MR) is 122 cm³/mol. The van der Waals surface area contributed by atoms with Gasteiger partial charge in [-0.25, -0.2) is 0 Å². The molecule has 6 heteroatoms. The first-order chi connectivity index (χ1) is 14.4. The summed E-state index contributed by atoms with van der Waals surface area (Å²) in [6, 6.07) is 10.0. The van der Waals surface area contributed by atoms with Gasteiger partial charge in [-0.15, -0.1) is 0 Å². The highest BCUT2D eigenvalue weighted by Crippen LogP contribution is 2.59. The molecule has 1 heterocycles. The number of carbonyl (C=O) groups is 1. The summed E-state index contributed by atoms with van der Waals surface area (Å²) in [5.41, 5.74) is -0.145. The van der Waals surface area contributed by atoms with Crippen LogP contribution in [-0.4, -0.2) is 49.7 Å². The molecule has 170 valence electrons. The van der Waals surface area contributed by atoms with Crippen LogP contribution >= 0.6 is 0 Å². The fourth-order valence-electron chi connectivity index (χ4n) is 5.16. The van der Waals surface area contributed by atoms with Gasteiger partial charge < -0.3 is 19.0 Å². The molecule has 0 bridgehead atoms. The maximum Gasteiger partial charge on any atom is 0.192 e. The van der Waals surface area contributed by atoms with E-state index in [9.17, 15) is 9.90 Å². The lowest BCUT2D eigenvalue weighted by Crippen LogP contribution is -2.76. The van der Waals surface area contributed by atoms with Crippen molar-refractivity contribution < 1.29 is 23.8 Å². The zero-order valence-electron chi connectivity index (χ0n) is 19.6. The van der Waals surface area contributed by atoms with Gasteiger partial charge in [0.15, 0.2) is 14.1 Å². The molecule has 0 radical (unpaired) electrons. The number of ether oxygens (including phenoxy) is 2. The van der Waals surface area contributed by atoms with Crippen LogP contribution in [0.1, 0.15) is 39.7 Å². The SMILES string of the molecule is CC(C)(C)[Si](C)(C)O[C@H]1CC2OC[C@@]2(OCc2ccccc2)[C@H]2[C@H](O)C(=O)C=C[C@]12C. The van der Waals surface area contributed by atoms with Crippen LogP contribution in [0.5, 0.6) is 0 Å². The van der Waals surface area contributed by atoms with E-state index in [1.54, 1.807) is 0 Å². The lowest BCUT2D eigenvalue weighted by atomic mass is 9.52. The van der Waals surface area contributed by atoms with Crippen molar-refractivity contribution in [3.8, 4) is 0 Å². The lowest BCUT2D eigenvalue weighted by Gasteiger charge is -2.65. The van der Waals surface area contributed by atoms with E-state index in [-0.39, 0.29) is 23.0 Å². The summed E-state index contributed by atoms with van der Waals surface area (Å²) >= 11 is 0. The Hall–Kier alpha value is -1.31. The molecule has 2 aliphatic carbocycles. The van der Waals surface area contributed by atoms with E-state index >= 15 is 0 Å². The van der Waals surface area contributed by atoms with E-state index in [2.05, 4.69) is 40.8 Å². The minimum Gasteiger partial charge on any atom is -0.413 e. The second-order valence-corrected chi connectivity index (χ2v) is 15.9. The van der Waals surface area contributed by atoms with Crippen LogP contribution in [0.2, 0.25) is 18.1 Å². The van der Waals surface area contributed by atoms with Crippen LogP contribution in [0.4, 0.5) is 0 Å². The van der Waals surface area contributed by atoms with E-state index in [4.69, 9.17) is 13.9 Å². The number of rotatable bonds is 5.